The summed E-state index contributed by atoms with van der Waals surface area (Å²) in [4.78, 5) is 11.3. The summed E-state index contributed by atoms with van der Waals surface area (Å²) < 4.78 is 5.11. The molecule has 1 aliphatic heterocycles. The van der Waals surface area contributed by atoms with Crippen LogP contribution in [0, 0.1) is 0 Å². The molecule has 1 aliphatic rings. The maximum absolute atomic E-state index is 11.3. The van der Waals surface area contributed by atoms with E-state index < -0.39 is 5.60 Å². The number of nitrogens with zero attached hydrogens (tertiary/aromatic N) is 2. The van der Waals surface area contributed by atoms with Gasteiger partial charge >= 0.3 is 6.09 Å². The van der Waals surface area contributed by atoms with Crippen molar-refractivity contribution in [3.63, 3.8) is 0 Å². The van der Waals surface area contributed by atoms with Crippen molar-refractivity contribution < 1.29 is 9.53 Å². The standard InChI is InChI=1S/C10H19N3O2S/c1-10(2,3)15-9(14)11-6-5-8-13-12-7-16(8)4/h7,16H,5-6H2,1-4H3,(H,11,14). The Morgan fingerprint density at radius 1 is 1.56 bits per heavy atom. The quantitative estimate of drug-likeness (QED) is 0.746. The molecule has 92 valence electrons. The number of nitrogens with one attached hydrogen (secondary N) is 1. The monoisotopic (exact) mass is 245 g/mol. The van der Waals surface area contributed by atoms with Crippen molar-refractivity contribution in [3.8, 4) is 0 Å². The van der Waals surface area contributed by atoms with Gasteiger partial charge in [-0.2, -0.15) is 16.0 Å². The molecule has 0 fully saturated rings. The van der Waals surface area contributed by atoms with Gasteiger partial charge in [-0.1, -0.05) is 0 Å². The molecule has 1 N–H and O–H groups in total. The largest absolute Gasteiger partial charge is 0.444 e. The SMILES string of the molecule is C[SH]1C=NN=C1CCNC(=O)OC(C)(C)C. The van der Waals surface area contributed by atoms with Gasteiger partial charge in [0.2, 0.25) is 0 Å². The third kappa shape index (κ3) is 4.65. The van der Waals surface area contributed by atoms with Crippen molar-refractivity contribution in [3.05, 3.63) is 0 Å². The van der Waals surface area contributed by atoms with E-state index in [0.717, 1.165) is 11.5 Å². The molecule has 0 aliphatic carbocycles. The van der Waals surface area contributed by atoms with Crippen molar-refractivity contribution in [2.45, 2.75) is 32.8 Å². The second kappa shape index (κ2) is 5.34. The number of alkyl carbamates (subject to hydrolysis) is 1. The van der Waals surface area contributed by atoms with Gasteiger partial charge < -0.3 is 10.1 Å². The molecule has 0 aromatic heterocycles. The summed E-state index contributed by atoms with van der Waals surface area (Å²) >= 11 is 0. The molecule has 0 saturated carbocycles. The van der Waals surface area contributed by atoms with Crippen molar-refractivity contribution >= 4 is 27.6 Å². The molecule has 1 amide bonds. The smallest absolute Gasteiger partial charge is 0.407 e. The van der Waals surface area contributed by atoms with E-state index in [1.54, 1.807) is 0 Å². The molecule has 6 heteroatoms. The van der Waals surface area contributed by atoms with Crippen LogP contribution in [0.5, 0.6) is 0 Å². The van der Waals surface area contributed by atoms with Crippen LogP contribution in [-0.4, -0.2) is 35.1 Å². The number of amides is 1. The van der Waals surface area contributed by atoms with Crippen LogP contribution in [0.1, 0.15) is 27.2 Å². The van der Waals surface area contributed by atoms with Crippen molar-refractivity contribution in [2.75, 3.05) is 12.8 Å². The zero-order valence-corrected chi connectivity index (χ0v) is 11.0. The van der Waals surface area contributed by atoms with E-state index in [9.17, 15) is 4.79 Å². The second-order valence-corrected chi connectivity index (χ2v) is 6.51. The van der Waals surface area contributed by atoms with Crippen molar-refractivity contribution in [2.24, 2.45) is 10.2 Å². The van der Waals surface area contributed by atoms with E-state index in [0.29, 0.717) is 6.54 Å². The summed E-state index contributed by atoms with van der Waals surface area (Å²) in [6, 6.07) is 0. The molecule has 0 saturated heterocycles. The third-order valence-corrected chi connectivity index (χ3v) is 3.40. The highest BCUT2D eigenvalue weighted by Crippen LogP contribution is 2.25. The Morgan fingerprint density at radius 3 is 2.75 bits per heavy atom. The summed E-state index contributed by atoms with van der Waals surface area (Å²) in [5, 5.41) is 11.6. The number of hydrogen-bond donors (Lipinski definition) is 2. The second-order valence-electron chi connectivity index (χ2n) is 4.54. The van der Waals surface area contributed by atoms with Gasteiger partial charge in [0.25, 0.3) is 0 Å². The lowest BCUT2D eigenvalue weighted by atomic mass is 10.2. The zero-order chi connectivity index (χ0) is 12.2. The number of hydrogen-bond acceptors (Lipinski definition) is 4. The Balaban J connectivity index is 2.19. The zero-order valence-electron chi connectivity index (χ0n) is 10.1. The van der Waals surface area contributed by atoms with E-state index in [-0.39, 0.29) is 17.0 Å². The van der Waals surface area contributed by atoms with Crippen LogP contribution in [0.4, 0.5) is 4.79 Å². The molecule has 0 bridgehead atoms. The predicted molar refractivity (Wildman–Crippen MR) is 69.7 cm³/mol. The number of carbonyl (C=O) groups is 1. The number of thiol groups is 1. The van der Waals surface area contributed by atoms with Gasteiger partial charge in [0.05, 0.1) is 10.6 Å². The summed E-state index contributed by atoms with van der Waals surface area (Å²) in [5.74, 6) is 0. The van der Waals surface area contributed by atoms with Gasteiger partial charge in [0.15, 0.2) is 0 Å². The minimum atomic E-state index is -0.449. The topological polar surface area (TPSA) is 63.0 Å². The fourth-order valence-corrected chi connectivity index (χ4v) is 2.12. The van der Waals surface area contributed by atoms with Crippen LogP contribution < -0.4 is 5.32 Å². The predicted octanol–water partition coefficient (Wildman–Crippen LogP) is 1.89. The van der Waals surface area contributed by atoms with E-state index in [4.69, 9.17) is 4.74 Å². The van der Waals surface area contributed by atoms with Gasteiger partial charge in [-0.15, -0.1) is 5.10 Å². The highest BCUT2D eigenvalue weighted by atomic mass is 32.2. The first kappa shape index (κ1) is 13.0. The average molecular weight is 245 g/mol. The third-order valence-electron chi connectivity index (χ3n) is 1.82. The highest BCUT2D eigenvalue weighted by Gasteiger charge is 2.16. The molecule has 0 aromatic rings. The lowest BCUT2D eigenvalue weighted by Gasteiger charge is -2.19. The van der Waals surface area contributed by atoms with Crippen LogP contribution in [0.25, 0.3) is 0 Å². The van der Waals surface area contributed by atoms with Crippen molar-refractivity contribution in [1.29, 1.82) is 0 Å². The molecule has 1 atom stereocenters. The van der Waals surface area contributed by atoms with Gasteiger partial charge in [-0.05, 0) is 27.0 Å². The van der Waals surface area contributed by atoms with Crippen LogP contribution in [0.2, 0.25) is 0 Å². The minimum Gasteiger partial charge on any atom is -0.444 e. The number of ether oxygens (including phenoxy) is 1. The maximum atomic E-state index is 11.3. The van der Waals surface area contributed by atoms with Crippen LogP contribution >= 0.6 is 10.9 Å². The molecule has 1 unspecified atom stereocenters. The summed E-state index contributed by atoms with van der Waals surface area (Å²) in [6.07, 6.45) is 2.45. The molecular weight excluding hydrogens is 226 g/mol. The van der Waals surface area contributed by atoms with E-state index in [2.05, 4.69) is 21.8 Å². The molecule has 16 heavy (non-hydrogen) atoms. The van der Waals surface area contributed by atoms with Gasteiger partial charge in [0.1, 0.15) is 5.60 Å². The maximum Gasteiger partial charge on any atom is 0.407 e. The molecule has 1 heterocycles. The molecule has 1 rings (SSSR count). The number of rotatable bonds is 3. The molecule has 0 spiro atoms. The van der Waals surface area contributed by atoms with Gasteiger partial charge in [0, 0.05) is 13.0 Å². The first-order valence-electron chi connectivity index (χ1n) is 5.18. The number of carbonyl (C=O) groups excluding carboxylic acids is 1. The van der Waals surface area contributed by atoms with Crippen LogP contribution in [0.3, 0.4) is 0 Å². The Hall–Kier alpha value is -1.04. The first-order chi connectivity index (χ1) is 7.38. The van der Waals surface area contributed by atoms with Crippen LogP contribution in [0.15, 0.2) is 10.2 Å². The Morgan fingerprint density at radius 2 is 2.25 bits per heavy atom. The fraction of sp³-hybridized carbons (Fsp3) is 0.700. The lowest BCUT2D eigenvalue weighted by molar-refractivity contribution is 0.0529. The molecule has 0 aromatic carbocycles. The summed E-state index contributed by atoms with van der Waals surface area (Å²) in [5.41, 5.74) is 1.41. The van der Waals surface area contributed by atoms with E-state index in [1.165, 1.54) is 0 Å². The Bertz CT molecular complexity index is 321. The lowest BCUT2D eigenvalue weighted by Crippen LogP contribution is -2.33. The van der Waals surface area contributed by atoms with Gasteiger partial charge in [-0.3, -0.25) is 0 Å². The highest BCUT2D eigenvalue weighted by molar-refractivity contribution is 8.39. The van der Waals surface area contributed by atoms with Crippen molar-refractivity contribution in [1.82, 2.24) is 5.32 Å². The minimum absolute atomic E-state index is 0.320. The average Bonchev–Trinajstić information content (AvgIpc) is 2.48. The fourth-order valence-electron chi connectivity index (χ4n) is 1.12. The van der Waals surface area contributed by atoms with E-state index in [1.807, 2.05) is 26.3 Å². The van der Waals surface area contributed by atoms with Crippen LogP contribution in [-0.2, 0) is 4.74 Å². The molecule has 5 nitrogen and oxygen atoms in total. The first-order valence-corrected chi connectivity index (χ1v) is 7.04. The Kier molecular flexibility index (Phi) is 4.35. The Labute approximate surface area is 98.7 Å². The van der Waals surface area contributed by atoms with E-state index >= 15 is 0 Å². The molecule has 0 radical (unpaired) electrons. The summed E-state index contributed by atoms with van der Waals surface area (Å²) in [7, 11) is -0.320. The van der Waals surface area contributed by atoms with Gasteiger partial charge in [-0.25, -0.2) is 4.79 Å². The normalized spacial score (nSPS) is 21.8. The summed E-state index contributed by atoms with van der Waals surface area (Å²) in [6.45, 7) is 6.07. The molecular formula is C10H19N3O2S.